The molecule has 0 spiro atoms. The molecule has 1 aromatic carbocycles. The molecule has 6 heteroatoms. The van der Waals surface area contributed by atoms with Crippen molar-refractivity contribution in [2.75, 3.05) is 5.75 Å². The molecule has 2 saturated carbocycles. The van der Waals surface area contributed by atoms with E-state index in [4.69, 9.17) is 0 Å². The first kappa shape index (κ1) is 17.3. The van der Waals surface area contributed by atoms with E-state index in [1.807, 2.05) is 30.3 Å². The molecule has 5 nitrogen and oxygen atoms in total. The van der Waals surface area contributed by atoms with Crippen LogP contribution in [0, 0.1) is 5.92 Å². The van der Waals surface area contributed by atoms with Gasteiger partial charge in [0, 0.05) is 17.5 Å². The molecule has 1 heterocycles. The lowest BCUT2D eigenvalue weighted by molar-refractivity contribution is -0.119. The molecule has 2 aliphatic carbocycles. The molecule has 2 aromatic rings. The van der Waals surface area contributed by atoms with Gasteiger partial charge in [-0.3, -0.25) is 9.59 Å². The number of pyridine rings is 1. The largest absolute Gasteiger partial charge is 0.353 e. The lowest BCUT2D eigenvalue weighted by atomic mass is 10.1. The Bertz CT molecular complexity index is 846. The van der Waals surface area contributed by atoms with Crippen molar-refractivity contribution in [3.63, 3.8) is 0 Å². The second-order valence-electron chi connectivity index (χ2n) is 7.26. The third-order valence-corrected chi connectivity index (χ3v) is 5.83. The molecule has 2 aliphatic rings. The average Bonchev–Trinajstić information content (AvgIpc) is 3.52. The summed E-state index contributed by atoms with van der Waals surface area (Å²) in [5.41, 5.74) is 1.42. The zero-order valence-electron chi connectivity index (χ0n) is 14.8. The van der Waals surface area contributed by atoms with Gasteiger partial charge in [-0.2, -0.15) is 0 Å². The van der Waals surface area contributed by atoms with Crippen molar-refractivity contribution >= 4 is 34.5 Å². The fourth-order valence-electron chi connectivity index (χ4n) is 3.05. The minimum absolute atomic E-state index is 0.0216. The highest BCUT2D eigenvalue weighted by atomic mass is 32.2. The number of fused-ring (bicyclic) bond motifs is 1. The second kappa shape index (κ2) is 7.27. The van der Waals surface area contributed by atoms with Gasteiger partial charge in [0.25, 0.3) is 5.91 Å². The summed E-state index contributed by atoms with van der Waals surface area (Å²) in [5.74, 6) is 0.917. The predicted octanol–water partition coefficient (Wildman–Crippen LogP) is 3.13. The molecular formula is C20H23N3O2S. The van der Waals surface area contributed by atoms with Crippen molar-refractivity contribution in [2.45, 2.75) is 49.7 Å². The van der Waals surface area contributed by atoms with E-state index in [1.54, 1.807) is 0 Å². The number of carbonyl (C=O) groups is 2. The van der Waals surface area contributed by atoms with Gasteiger partial charge in [-0.1, -0.05) is 30.0 Å². The quantitative estimate of drug-likeness (QED) is 0.736. The van der Waals surface area contributed by atoms with Crippen LogP contribution in [0.5, 0.6) is 0 Å². The Labute approximate surface area is 157 Å². The molecule has 136 valence electrons. The standard InChI is InChI=1S/C20H23N3O2S/c1-12(13-6-7-13)21-18(24)11-26-19-10-16(20(25)22-14-8-9-14)15-4-2-3-5-17(15)23-19/h2-5,10,12-14H,6-9,11H2,1H3,(H,21,24)(H,22,25)/t12-/m0/s1. The maximum atomic E-state index is 12.6. The Morgan fingerprint density at radius 2 is 2.00 bits per heavy atom. The zero-order chi connectivity index (χ0) is 18.1. The summed E-state index contributed by atoms with van der Waals surface area (Å²) in [5, 5.41) is 7.65. The van der Waals surface area contributed by atoms with Gasteiger partial charge in [-0.15, -0.1) is 0 Å². The van der Waals surface area contributed by atoms with Crippen LogP contribution in [0.15, 0.2) is 35.4 Å². The highest BCUT2D eigenvalue weighted by Crippen LogP contribution is 2.32. The molecule has 26 heavy (non-hydrogen) atoms. The van der Waals surface area contributed by atoms with Crippen molar-refractivity contribution in [3.05, 3.63) is 35.9 Å². The third kappa shape index (κ3) is 4.18. The Kier molecular flexibility index (Phi) is 4.85. The number of carbonyl (C=O) groups excluding carboxylic acids is 2. The number of benzene rings is 1. The first-order valence-electron chi connectivity index (χ1n) is 9.23. The van der Waals surface area contributed by atoms with E-state index in [0.717, 1.165) is 23.7 Å². The number of nitrogens with zero attached hydrogens (tertiary/aromatic N) is 1. The van der Waals surface area contributed by atoms with Crippen molar-refractivity contribution in [3.8, 4) is 0 Å². The number of thioether (sulfide) groups is 1. The fourth-order valence-corrected chi connectivity index (χ4v) is 3.78. The Balaban J connectivity index is 1.49. The van der Waals surface area contributed by atoms with E-state index in [0.29, 0.717) is 28.3 Å². The maximum absolute atomic E-state index is 12.6. The van der Waals surface area contributed by atoms with Crippen LogP contribution in [0.4, 0.5) is 0 Å². The van der Waals surface area contributed by atoms with Gasteiger partial charge < -0.3 is 10.6 Å². The second-order valence-corrected chi connectivity index (χ2v) is 8.25. The SMILES string of the molecule is C[C@H](NC(=O)CSc1cc(C(=O)NC2CC2)c2ccccc2n1)C1CC1. The van der Waals surface area contributed by atoms with Crippen LogP contribution in [-0.4, -0.2) is 34.6 Å². The van der Waals surface area contributed by atoms with Crippen LogP contribution in [0.25, 0.3) is 10.9 Å². The number of amides is 2. The lowest BCUT2D eigenvalue weighted by Crippen LogP contribution is -2.35. The number of aromatic nitrogens is 1. The highest BCUT2D eigenvalue weighted by molar-refractivity contribution is 7.99. The molecule has 0 aliphatic heterocycles. The summed E-state index contributed by atoms with van der Waals surface area (Å²) in [4.78, 5) is 29.4. The molecule has 0 radical (unpaired) electrons. The Hall–Kier alpha value is -2.08. The van der Waals surface area contributed by atoms with E-state index in [2.05, 4.69) is 22.5 Å². The number of hydrogen-bond donors (Lipinski definition) is 2. The molecule has 0 unspecified atom stereocenters. The van der Waals surface area contributed by atoms with E-state index in [-0.39, 0.29) is 17.9 Å². The Morgan fingerprint density at radius 3 is 2.73 bits per heavy atom. The first-order chi connectivity index (χ1) is 12.6. The van der Waals surface area contributed by atoms with E-state index in [9.17, 15) is 9.59 Å². The molecule has 2 N–H and O–H groups in total. The fraction of sp³-hybridized carbons (Fsp3) is 0.450. The first-order valence-corrected chi connectivity index (χ1v) is 10.2. The van der Waals surface area contributed by atoms with Gasteiger partial charge in [-0.25, -0.2) is 4.98 Å². The number of nitrogens with one attached hydrogen (secondary N) is 2. The van der Waals surface area contributed by atoms with Crippen molar-refractivity contribution < 1.29 is 9.59 Å². The van der Waals surface area contributed by atoms with Gasteiger partial charge >= 0.3 is 0 Å². The molecule has 2 fully saturated rings. The molecular weight excluding hydrogens is 346 g/mol. The molecule has 0 saturated heterocycles. The molecule has 4 rings (SSSR count). The number of para-hydroxylation sites is 1. The summed E-state index contributed by atoms with van der Waals surface area (Å²) < 4.78 is 0. The van der Waals surface area contributed by atoms with Crippen LogP contribution in [0.1, 0.15) is 43.0 Å². The van der Waals surface area contributed by atoms with Gasteiger partial charge in [0.2, 0.25) is 5.91 Å². The number of hydrogen-bond acceptors (Lipinski definition) is 4. The minimum Gasteiger partial charge on any atom is -0.353 e. The summed E-state index contributed by atoms with van der Waals surface area (Å²) in [6.07, 6.45) is 4.52. The van der Waals surface area contributed by atoms with Crippen molar-refractivity contribution in [1.29, 1.82) is 0 Å². The number of rotatable bonds is 7. The van der Waals surface area contributed by atoms with Crippen LogP contribution in [0.3, 0.4) is 0 Å². The van der Waals surface area contributed by atoms with Crippen LogP contribution in [-0.2, 0) is 4.79 Å². The minimum atomic E-state index is -0.0558. The summed E-state index contributed by atoms with van der Waals surface area (Å²) in [6.45, 7) is 2.06. The topological polar surface area (TPSA) is 71.1 Å². The zero-order valence-corrected chi connectivity index (χ0v) is 15.6. The summed E-state index contributed by atoms with van der Waals surface area (Å²) in [7, 11) is 0. The van der Waals surface area contributed by atoms with Crippen LogP contribution < -0.4 is 10.6 Å². The maximum Gasteiger partial charge on any atom is 0.252 e. The molecule has 2 amide bonds. The predicted molar refractivity (Wildman–Crippen MR) is 103 cm³/mol. The van der Waals surface area contributed by atoms with Gasteiger partial charge in [0.1, 0.15) is 0 Å². The lowest BCUT2D eigenvalue weighted by Gasteiger charge is -2.13. The van der Waals surface area contributed by atoms with Gasteiger partial charge in [-0.05, 0) is 50.7 Å². The van der Waals surface area contributed by atoms with Gasteiger partial charge in [0.05, 0.1) is 21.9 Å². The van der Waals surface area contributed by atoms with Crippen LogP contribution in [0.2, 0.25) is 0 Å². The highest BCUT2D eigenvalue weighted by Gasteiger charge is 2.29. The summed E-state index contributed by atoms with van der Waals surface area (Å²) in [6, 6.07) is 10.0. The third-order valence-electron chi connectivity index (χ3n) is 4.92. The van der Waals surface area contributed by atoms with Crippen LogP contribution >= 0.6 is 11.8 Å². The average molecular weight is 369 g/mol. The Morgan fingerprint density at radius 1 is 1.23 bits per heavy atom. The molecule has 1 aromatic heterocycles. The van der Waals surface area contributed by atoms with E-state index < -0.39 is 0 Å². The van der Waals surface area contributed by atoms with E-state index >= 15 is 0 Å². The monoisotopic (exact) mass is 369 g/mol. The normalized spacial score (nSPS) is 17.7. The van der Waals surface area contributed by atoms with E-state index in [1.165, 1.54) is 24.6 Å². The van der Waals surface area contributed by atoms with Crippen molar-refractivity contribution in [1.82, 2.24) is 15.6 Å². The summed E-state index contributed by atoms with van der Waals surface area (Å²) >= 11 is 1.38. The van der Waals surface area contributed by atoms with Crippen molar-refractivity contribution in [2.24, 2.45) is 5.92 Å². The molecule has 0 bridgehead atoms. The van der Waals surface area contributed by atoms with Gasteiger partial charge in [0.15, 0.2) is 0 Å². The smallest absolute Gasteiger partial charge is 0.252 e. The molecule has 1 atom stereocenters.